The van der Waals surface area contributed by atoms with E-state index in [1.807, 2.05) is 0 Å². The molecule has 21 heavy (non-hydrogen) atoms. The molecule has 0 aliphatic heterocycles. The molecular formula is C18H23N3. The summed E-state index contributed by atoms with van der Waals surface area (Å²) in [6.07, 6.45) is 4.88. The average Bonchev–Trinajstić information content (AvgIpc) is 2.46. The zero-order valence-corrected chi connectivity index (χ0v) is 12.9. The van der Waals surface area contributed by atoms with Gasteiger partial charge in [0.25, 0.3) is 0 Å². The highest BCUT2D eigenvalue weighted by molar-refractivity contribution is 5.63. The van der Waals surface area contributed by atoms with Gasteiger partial charge in [0.2, 0.25) is 0 Å². The molecule has 3 nitrogen and oxygen atoms in total. The van der Waals surface area contributed by atoms with Crippen molar-refractivity contribution in [2.45, 2.75) is 45.4 Å². The van der Waals surface area contributed by atoms with Crippen LogP contribution in [0.2, 0.25) is 0 Å². The lowest BCUT2D eigenvalue weighted by molar-refractivity contribution is 0.420. The van der Waals surface area contributed by atoms with Crippen molar-refractivity contribution < 1.29 is 0 Å². The number of nitrogens with one attached hydrogen (secondary N) is 1. The summed E-state index contributed by atoms with van der Waals surface area (Å²) in [6, 6.07) is 10.9. The van der Waals surface area contributed by atoms with E-state index in [2.05, 4.69) is 54.5 Å². The van der Waals surface area contributed by atoms with Crippen LogP contribution >= 0.6 is 0 Å². The van der Waals surface area contributed by atoms with Gasteiger partial charge in [-0.3, -0.25) is 0 Å². The first-order chi connectivity index (χ1) is 10.3. The molecule has 1 N–H and O–H groups in total. The van der Waals surface area contributed by atoms with Crippen LogP contribution in [0.25, 0.3) is 11.3 Å². The van der Waals surface area contributed by atoms with Gasteiger partial charge in [0.15, 0.2) is 0 Å². The van der Waals surface area contributed by atoms with E-state index in [0.29, 0.717) is 0 Å². The van der Waals surface area contributed by atoms with Crippen LogP contribution in [0, 0.1) is 0 Å². The second-order valence-corrected chi connectivity index (χ2v) is 5.69. The first-order valence-corrected chi connectivity index (χ1v) is 8.02. The molecule has 0 unspecified atom stereocenters. The van der Waals surface area contributed by atoms with Gasteiger partial charge in [0.1, 0.15) is 11.6 Å². The minimum atomic E-state index is 0.755. The summed E-state index contributed by atoms with van der Waals surface area (Å²) in [4.78, 5) is 9.23. The minimum Gasteiger partial charge on any atom is -0.370 e. The Bertz CT molecular complexity index is 618. The van der Waals surface area contributed by atoms with Crippen molar-refractivity contribution in [3.8, 4) is 11.3 Å². The first kappa shape index (κ1) is 14.1. The number of aromatic nitrogens is 2. The van der Waals surface area contributed by atoms with Gasteiger partial charge in [-0.1, -0.05) is 31.5 Å². The summed E-state index contributed by atoms with van der Waals surface area (Å²) >= 11 is 0. The Balaban J connectivity index is 1.96. The zero-order chi connectivity index (χ0) is 14.7. The van der Waals surface area contributed by atoms with Gasteiger partial charge in [-0.05, 0) is 37.3 Å². The Hall–Kier alpha value is -1.90. The fourth-order valence-corrected chi connectivity index (χ4v) is 2.77. The number of nitrogens with zero attached hydrogens (tertiary/aromatic N) is 2. The van der Waals surface area contributed by atoms with Crippen LogP contribution in [0.3, 0.4) is 0 Å². The monoisotopic (exact) mass is 281 g/mol. The summed E-state index contributed by atoms with van der Waals surface area (Å²) < 4.78 is 0. The molecule has 1 aromatic heterocycles. The van der Waals surface area contributed by atoms with Crippen LogP contribution < -0.4 is 5.32 Å². The van der Waals surface area contributed by atoms with Crippen LogP contribution in [0.1, 0.15) is 50.4 Å². The van der Waals surface area contributed by atoms with Crippen molar-refractivity contribution >= 4 is 5.82 Å². The van der Waals surface area contributed by atoms with E-state index in [0.717, 1.165) is 36.2 Å². The highest BCUT2D eigenvalue weighted by Crippen LogP contribution is 2.37. The lowest BCUT2D eigenvalue weighted by atomic mass is 9.79. The van der Waals surface area contributed by atoms with E-state index in [4.69, 9.17) is 4.98 Å². The summed E-state index contributed by atoms with van der Waals surface area (Å²) in [7, 11) is 0. The number of anilines is 1. The number of hydrogen-bond donors (Lipinski definition) is 1. The van der Waals surface area contributed by atoms with Gasteiger partial charge in [-0.15, -0.1) is 0 Å². The number of benzene rings is 1. The molecule has 1 aliphatic carbocycles. The topological polar surface area (TPSA) is 37.8 Å². The van der Waals surface area contributed by atoms with Crippen molar-refractivity contribution in [3.05, 3.63) is 41.7 Å². The highest BCUT2D eigenvalue weighted by atomic mass is 15.0. The second-order valence-electron chi connectivity index (χ2n) is 5.69. The molecule has 1 aliphatic rings. The van der Waals surface area contributed by atoms with Gasteiger partial charge in [0, 0.05) is 24.6 Å². The quantitative estimate of drug-likeness (QED) is 0.882. The SMILES string of the molecule is CCNc1cc(-c2cccc(C3CCC3)c2)nc(CC)n1. The van der Waals surface area contributed by atoms with E-state index in [9.17, 15) is 0 Å². The Morgan fingerprint density at radius 1 is 1.14 bits per heavy atom. The van der Waals surface area contributed by atoms with E-state index in [-0.39, 0.29) is 0 Å². The standard InChI is InChI=1S/C18H23N3/c1-3-17-20-16(12-18(21-17)19-4-2)15-10-6-9-14(11-15)13-7-5-8-13/h6,9-13H,3-5,7-8H2,1-2H3,(H,19,20,21). The largest absolute Gasteiger partial charge is 0.370 e. The number of aryl methyl sites for hydroxylation is 1. The number of hydrogen-bond acceptors (Lipinski definition) is 3. The normalized spacial score (nSPS) is 14.8. The lowest BCUT2D eigenvalue weighted by Gasteiger charge is -2.26. The highest BCUT2D eigenvalue weighted by Gasteiger charge is 2.19. The van der Waals surface area contributed by atoms with E-state index < -0.39 is 0 Å². The third-order valence-corrected chi connectivity index (χ3v) is 4.21. The Morgan fingerprint density at radius 3 is 2.67 bits per heavy atom. The summed E-state index contributed by atoms with van der Waals surface area (Å²) in [5.41, 5.74) is 3.69. The predicted molar refractivity (Wildman–Crippen MR) is 87.6 cm³/mol. The van der Waals surface area contributed by atoms with Gasteiger partial charge in [-0.2, -0.15) is 0 Å². The minimum absolute atomic E-state index is 0.755. The van der Waals surface area contributed by atoms with Crippen LogP contribution in [-0.4, -0.2) is 16.5 Å². The number of rotatable bonds is 5. The molecule has 1 heterocycles. The second kappa shape index (κ2) is 6.25. The maximum absolute atomic E-state index is 4.70. The smallest absolute Gasteiger partial charge is 0.131 e. The van der Waals surface area contributed by atoms with Crippen molar-refractivity contribution in [1.82, 2.24) is 9.97 Å². The summed E-state index contributed by atoms with van der Waals surface area (Å²) in [5.74, 6) is 2.58. The van der Waals surface area contributed by atoms with Crippen LogP contribution in [-0.2, 0) is 6.42 Å². The molecule has 2 aromatic rings. The molecule has 0 amide bonds. The molecule has 0 bridgehead atoms. The zero-order valence-electron chi connectivity index (χ0n) is 12.9. The molecule has 0 radical (unpaired) electrons. The van der Waals surface area contributed by atoms with Gasteiger partial charge < -0.3 is 5.32 Å². The Kier molecular flexibility index (Phi) is 4.18. The fraction of sp³-hybridized carbons (Fsp3) is 0.444. The fourth-order valence-electron chi connectivity index (χ4n) is 2.77. The Labute approximate surface area is 126 Å². The summed E-state index contributed by atoms with van der Waals surface area (Å²) in [5, 5.41) is 3.30. The molecule has 3 rings (SSSR count). The lowest BCUT2D eigenvalue weighted by Crippen LogP contribution is -2.08. The molecule has 3 heteroatoms. The maximum Gasteiger partial charge on any atom is 0.131 e. The molecule has 0 saturated heterocycles. The van der Waals surface area contributed by atoms with Crippen molar-refractivity contribution in [2.75, 3.05) is 11.9 Å². The molecule has 0 spiro atoms. The third kappa shape index (κ3) is 3.07. The molecule has 0 atom stereocenters. The first-order valence-electron chi connectivity index (χ1n) is 8.02. The summed E-state index contributed by atoms with van der Waals surface area (Å²) in [6.45, 7) is 5.06. The Morgan fingerprint density at radius 2 is 2.00 bits per heavy atom. The van der Waals surface area contributed by atoms with Crippen LogP contribution in [0.15, 0.2) is 30.3 Å². The average molecular weight is 281 g/mol. The van der Waals surface area contributed by atoms with Crippen LogP contribution in [0.4, 0.5) is 5.82 Å². The maximum atomic E-state index is 4.70. The van der Waals surface area contributed by atoms with Gasteiger partial charge in [-0.25, -0.2) is 9.97 Å². The van der Waals surface area contributed by atoms with Crippen molar-refractivity contribution in [2.24, 2.45) is 0 Å². The van der Waals surface area contributed by atoms with Gasteiger partial charge >= 0.3 is 0 Å². The van der Waals surface area contributed by atoms with E-state index in [1.165, 1.54) is 30.4 Å². The van der Waals surface area contributed by atoms with E-state index >= 15 is 0 Å². The molecule has 1 fully saturated rings. The molecule has 1 saturated carbocycles. The molecule has 1 aromatic carbocycles. The van der Waals surface area contributed by atoms with Gasteiger partial charge in [0.05, 0.1) is 5.69 Å². The molecule has 110 valence electrons. The van der Waals surface area contributed by atoms with Crippen LogP contribution in [0.5, 0.6) is 0 Å². The third-order valence-electron chi connectivity index (χ3n) is 4.21. The van der Waals surface area contributed by atoms with Crippen molar-refractivity contribution in [3.63, 3.8) is 0 Å². The van der Waals surface area contributed by atoms with E-state index in [1.54, 1.807) is 0 Å². The predicted octanol–water partition coefficient (Wildman–Crippen LogP) is 4.41. The molecular weight excluding hydrogens is 258 g/mol. The van der Waals surface area contributed by atoms with Crippen molar-refractivity contribution in [1.29, 1.82) is 0 Å².